The number of thiophene rings is 1. The molecule has 1 aromatic carbocycles. The van der Waals surface area contributed by atoms with Gasteiger partial charge in [0.1, 0.15) is 11.0 Å². The van der Waals surface area contributed by atoms with E-state index in [1.807, 2.05) is 13.0 Å². The fraction of sp³-hybridized carbons (Fsp3) is 0.263. The normalized spacial score (nSPS) is 17.9. The number of carbonyl (C=O) groups is 2. The number of nitrogens with two attached hydrogens (primary N) is 1. The van der Waals surface area contributed by atoms with Gasteiger partial charge in [-0.25, -0.2) is 4.90 Å². The van der Waals surface area contributed by atoms with E-state index in [1.54, 1.807) is 37.3 Å². The molecule has 2 aromatic rings. The van der Waals surface area contributed by atoms with Crippen LogP contribution in [0.2, 0.25) is 4.34 Å². The summed E-state index contributed by atoms with van der Waals surface area (Å²) in [6.07, 6.45) is 0.0435. The van der Waals surface area contributed by atoms with Gasteiger partial charge < -0.3 is 10.5 Å². The SMILES string of the molecule is CCOc1cccc(N2C(=O)C[C@@H](SC(N)=N/N=C(/C)c3ccc(Cl)s3)C2=O)c1. The van der Waals surface area contributed by atoms with Gasteiger partial charge in [0, 0.05) is 12.5 Å². The molecule has 1 atom stereocenters. The third kappa shape index (κ3) is 5.17. The van der Waals surface area contributed by atoms with E-state index in [2.05, 4.69) is 10.2 Å². The van der Waals surface area contributed by atoms with E-state index >= 15 is 0 Å². The zero-order valence-corrected chi connectivity index (χ0v) is 18.2. The number of anilines is 1. The molecule has 1 fully saturated rings. The molecule has 0 bridgehead atoms. The van der Waals surface area contributed by atoms with Crippen molar-refractivity contribution in [2.75, 3.05) is 11.5 Å². The molecule has 152 valence electrons. The summed E-state index contributed by atoms with van der Waals surface area (Å²) in [7, 11) is 0. The van der Waals surface area contributed by atoms with E-state index in [4.69, 9.17) is 22.1 Å². The third-order valence-electron chi connectivity index (χ3n) is 3.98. The summed E-state index contributed by atoms with van der Waals surface area (Å²) < 4.78 is 6.10. The maximum atomic E-state index is 12.8. The molecular formula is C19H19ClN4O3S2. The van der Waals surface area contributed by atoms with Gasteiger partial charge in [-0.05, 0) is 38.1 Å². The number of amidine groups is 1. The number of amides is 2. The molecule has 0 radical (unpaired) electrons. The van der Waals surface area contributed by atoms with Crippen molar-refractivity contribution in [2.45, 2.75) is 25.5 Å². The van der Waals surface area contributed by atoms with Gasteiger partial charge in [-0.1, -0.05) is 29.4 Å². The van der Waals surface area contributed by atoms with Crippen LogP contribution >= 0.6 is 34.7 Å². The van der Waals surface area contributed by atoms with Crippen LogP contribution in [0.4, 0.5) is 5.69 Å². The van der Waals surface area contributed by atoms with Crippen molar-refractivity contribution in [3.63, 3.8) is 0 Å². The standard InChI is InChI=1S/C19H19ClN4O3S2/c1-3-27-13-6-4-5-12(9-13)24-17(25)10-15(18(24)26)29-19(21)23-22-11(2)14-7-8-16(20)28-14/h4-9,15H,3,10H2,1-2H3,(H2,21,23)/b22-11-/t15-/m1/s1. The van der Waals surface area contributed by atoms with Crippen LogP contribution in [0.1, 0.15) is 25.1 Å². The van der Waals surface area contributed by atoms with Crippen LogP contribution < -0.4 is 15.4 Å². The average molecular weight is 451 g/mol. The number of carbonyl (C=O) groups excluding carboxylic acids is 2. The molecule has 0 spiro atoms. The Labute approximate surface area is 181 Å². The first-order chi connectivity index (χ1) is 13.9. The lowest BCUT2D eigenvalue weighted by molar-refractivity contribution is -0.121. The quantitative estimate of drug-likeness (QED) is 0.311. The van der Waals surface area contributed by atoms with Crippen LogP contribution in [0.15, 0.2) is 46.6 Å². The highest BCUT2D eigenvalue weighted by Gasteiger charge is 2.40. The Balaban J connectivity index is 1.70. The minimum Gasteiger partial charge on any atom is -0.494 e. The summed E-state index contributed by atoms with van der Waals surface area (Å²) in [5.74, 6) is -0.0272. The molecule has 1 aliphatic heterocycles. The highest BCUT2D eigenvalue weighted by molar-refractivity contribution is 8.14. The first-order valence-electron chi connectivity index (χ1n) is 8.78. The maximum absolute atomic E-state index is 12.8. The van der Waals surface area contributed by atoms with E-state index in [9.17, 15) is 9.59 Å². The van der Waals surface area contributed by atoms with Crippen molar-refractivity contribution >= 4 is 63.1 Å². The summed E-state index contributed by atoms with van der Waals surface area (Å²) in [4.78, 5) is 27.2. The molecule has 2 N–H and O–H groups in total. The predicted octanol–water partition coefficient (Wildman–Crippen LogP) is 3.90. The van der Waals surface area contributed by atoms with Gasteiger partial charge in [-0.3, -0.25) is 9.59 Å². The molecule has 10 heteroatoms. The lowest BCUT2D eigenvalue weighted by atomic mass is 10.3. The second-order valence-electron chi connectivity index (χ2n) is 6.04. The van der Waals surface area contributed by atoms with E-state index < -0.39 is 5.25 Å². The number of hydrogen-bond donors (Lipinski definition) is 1. The van der Waals surface area contributed by atoms with E-state index in [0.29, 0.717) is 28.1 Å². The minimum atomic E-state index is -0.645. The number of thioether (sulfide) groups is 1. The number of nitrogens with zero attached hydrogens (tertiary/aromatic N) is 3. The fourth-order valence-electron chi connectivity index (χ4n) is 2.70. The van der Waals surface area contributed by atoms with Gasteiger partial charge >= 0.3 is 0 Å². The lowest BCUT2D eigenvalue weighted by Crippen LogP contribution is -2.31. The van der Waals surface area contributed by atoms with Gasteiger partial charge in [-0.15, -0.1) is 16.4 Å². The molecular weight excluding hydrogens is 432 g/mol. The van der Waals surface area contributed by atoms with Crippen LogP contribution in [0.3, 0.4) is 0 Å². The molecule has 7 nitrogen and oxygen atoms in total. The number of rotatable bonds is 6. The number of hydrogen-bond acceptors (Lipinski definition) is 7. The first kappa shape index (κ1) is 21.4. The Bertz CT molecular complexity index is 989. The Morgan fingerprint density at radius 2 is 2.14 bits per heavy atom. The Morgan fingerprint density at radius 1 is 1.34 bits per heavy atom. The van der Waals surface area contributed by atoms with Crippen molar-refractivity contribution in [2.24, 2.45) is 15.9 Å². The summed E-state index contributed by atoms with van der Waals surface area (Å²) in [5.41, 5.74) is 7.06. The van der Waals surface area contributed by atoms with Gasteiger partial charge in [0.25, 0.3) is 0 Å². The van der Waals surface area contributed by atoms with Crippen molar-refractivity contribution in [3.8, 4) is 5.75 Å². The molecule has 0 saturated carbocycles. The maximum Gasteiger partial charge on any atom is 0.247 e. The summed E-state index contributed by atoms with van der Waals surface area (Å²) >= 11 is 8.33. The second kappa shape index (κ2) is 9.43. The molecule has 2 heterocycles. The summed E-state index contributed by atoms with van der Waals surface area (Å²) in [6, 6.07) is 10.5. The highest BCUT2D eigenvalue weighted by Crippen LogP contribution is 2.31. The predicted molar refractivity (Wildman–Crippen MR) is 119 cm³/mol. The second-order valence-corrected chi connectivity index (χ2v) is 8.97. The molecule has 29 heavy (non-hydrogen) atoms. The molecule has 0 unspecified atom stereocenters. The summed E-state index contributed by atoms with van der Waals surface area (Å²) in [6.45, 7) is 4.15. The molecule has 1 aromatic heterocycles. The smallest absolute Gasteiger partial charge is 0.247 e. The minimum absolute atomic E-state index is 0.0435. The molecule has 1 saturated heterocycles. The Hall–Kier alpha value is -2.36. The monoisotopic (exact) mass is 450 g/mol. The largest absolute Gasteiger partial charge is 0.494 e. The van der Waals surface area contributed by atoms with Crippen molar-refractivity contribution in [1.82, 2.24) is 0 Å². The Kier molecular flexibility index (Phi) is 6.94. The molecule has 0 aliphatic carbocycles. The zero-order valence-electron chi connectivity index (χ0n) is 15.8. The molecule has 3 rings (SSSR count). The van der Waals surface area contributed by atoms with Gasteiger partial charge in [0.05, 0.1) is 27.2 Å². The fourth-order valence-corrected chi connectivity index (χ4v) is 4.49. The zero-order chi connectivity index (χ0) is 21.0. The number of halogens is 1. The van der Waals surface area contributed by atoms with Gasteiger partial charge in [0.15, 0.2) is 5.17 Å². The average Bonchev–Trinajstić information content (AvgIpc) is 3.23. The number of benzene rings is 1. The summed E-state index contributed by atoms with van der Waals surface area (Å²) in [5, 5.41) is 7.53. The highest BCUT2D eigenvalue weighted by atomic mass is 35.5. The van der Waals surface area contributed by atoms with Crippen molar-refractivity contribution < 1.29 is 14.3 Å². The third-order valence-corrected chi connectivity index (χ3v) is 6.30. The Morgan fingerprint density at radius 3 is 2.83 bits per heavy atom. The first-order valence-corrected chi connectivity index (χ1v) is 10.9. The van der Waals surface area contributed by atoms with Crippen LogP contribution in [0.5, 0.6) is 5.75 Å². The lowest BCUT2D eigenvalue weighted by Gasteiger charge is -2.15. The van der Waals surface area contributed by atoms with E-state index in [-0.39, 0.29) is 23.4 Å². The van der Waals surface area contributed by atoms with Crippen molar-refractivity contribution in [1.29, 1.82) is 0 Å². The topological polar surface area (TPSA) is 97.3 Å². The van der Waals surface area contributed by atoms with Crippen LogP contribution in [-0.2, 0) is 9.59 Å². The van der Waals surface area contributed by atoms with E-state index in [0.717, 1.165) is 21.5 Å². The van der Waals surface area contributed by atoms with Gasteiger partial charge in [0.2, 0.25) is 11.8 Å². The van der Waals surface area contributed by atoms with Gasteiger partial charge in [-0.2, -0.15) is 5.10 Å². The van der Waals surface area contributed by atoms with Crippen LogP contribution in [0, 0.1) is 0 Å². The van der Waals surface area contributed by atoms with Crippen LogP contribution in [0.25, 0.3) is 0 Å². The van der Waals surface area contributed by atoms with Crippen molar-refractivity contribution in [3.05, 3.63) is 45.6 Å². The molecule has 1 aliphatic rings. The van der Waals surface area contributed by atoms with Crippen LogP contribution in [-0.4, -0.2) is 34.6 Å². The molecule has 2 amide bonds. The number of ether oxygens (including phenoxy) is 1. The number of imide groups is 1. The van der Waals surface area contributed by atoms with E-state index in [1.165, 1.54) is 11.3 Å².